The fourth-order valence-electron chi connectivity index (χ4n) is 1.33. The molecule has 14 heavy (non-hydrogen) atoms. The van der Waals surface area contributed by atoms with Crippen LogP contribution in [0.3, 0.4) is 0 Å². The predicted molar refractivity (Wildman–Crippen MR) is 53.1 cm³/mol. The second kappa shape index (κ2) is 3.51. The molecule has 0 saturated carbocycles. The highest BCUT2D eigenvalue weighted by atomic mass is 16.6. The Morgan fingerprint density at radius 3 is 2.86 bits per heavy atom. The van der Waals surface area contributed by atoms with Crippen LogP contribution in [0.25, 0.3) is 10.9 Å². The van der Waals surface area contributed by atoms with Crippen LogP contribution in [0, 0.1) is 0 Å². The Bertz CT molecular complexity index is 457. The number of benzene rings is 1. The summed E-state index contributed by atoms with van der Waals surface area (Å²) in [7, 11) is 1.61. The van der Waals surface area contributed by atoms with E-state index in [0.717, 1.165) is 16.7 Å². The fourth-order valence-corrected chi connectivity index (χ4v) is 1.33. The van der Waals surface area contributed by atoms with Gasteiger partial charge in [-0.25, -0.2) is 0 Å². The van der Waals surface area contributed by atoms with Crippen molar-refractivity contribution < 1.29 is 9.57 Å². The third kappa shape index (κ3) is 1.36. The van der Waals surface area contributed by atoms with Crippen molar-refractivity contribution in [2.45, 2.75) is 0 Å². The molecule has 4 nitrogen and oxygen atoms in total. The van der Waals surface area contributed by atoms with Crippen molar-refractivity contribution in [2.75, 3.05) is 7.11 Å². The summed E-state index contributed by atoms with van der Waals surface area (Å²) in [4.78, 5) is 8.91. The van der Waals surface area contributed by atoms with Crippen LogP contribution >= 0.6 is 0 Å². The number of hydrogen-bond acceptors (Lipinski definition) is 4. The monoisotopic (exact) mass is 190 g/mol. The highest BCUT2D eigenvalue weighted by Crippen LogP contribution is 2.26. The summed E-state index contributed by atoms with van der Waals surface area (Å²) >= 11 is 0. The van der Waals surface area contributed by atoms with Gasteiger partial charge >= 0.3 is 0 Å². The lowest BCUT2D eigenvalue weighted by Gasteiger charge is -2.05. The Morgan fingerprint density at radius 1 is 1.29 bits per heavy atom. The Hall–Kier alpha value is -1.81. The highest BCUT2D eigenvalue weighted by Gasteiger charge is 2.03. The number of hydrogen-bond donors (Lipinski definition) is 1. The third-order valence-corrected chi connectivity index (χ3v) is 2.04. The first-order valence-corrected chi connectivity index (χ1v) is 4.14. The zero-order valence-corrected chi connectivity index (χ0v) is 7.73. The molecule has 72 valence electrons. The average molecular weight is 190 g/mol. The molecule has 0 fully saturated rings. The SMILES string of the molecule is COc1ccc2nccc(ON)c2c1. The molecule has 1 aromatic heterocycles. The van der Waals surface area contributed by atoms with Crippen LogP contribution in [0.5, 0.6) is 11.5 Å². The van der Waals surface area contributed by atoms with Crippen molar-refractivity contribution in [1.29, 1.82) is 0 Å². The molecule has 0 spiro atoms. The molecule has 1 aromatic carbocycles. The minimum absolute atomic E-state index is 0.592. The Labute approximate surface area is 81.2 Å². The van der Waals surface area contributed by atoms with E-state index >= 15 is 0 Å². The van der Waals surface area contributed by atoms with Crippen molar-refractivity contribution in [2.24, 2.45) is 5.90 Å². The molecule has 0 atom stereocenters. The molecular formula is C10H10N2O2. The molecule has 0 radical (unpaired) electrons. The van der Waals surface area contributed by atoms with Crippen LogP contribution in [-0.2, 0) is 0 Å². The lowest BCUT2D eigenvalue weighted by Crippen LogP contribution is -2.02. The van der Waals surface area contributed by atoms with Crippen LogP contribution in [0.1, 0.15) is 0 Å². The maximum Gasteiger partial charge on any atom is 0.157 e. The first-order chi connectivity index (χ1) is 6.85. The van der Waals surface area contributed by atoms with Crippen molar-refractivity contribution in [3.8, 4) is 11.5 Å². The van der Waals surface area contributed by atoms with Gasteiger partial charge in [-0.2, -0.15) is 5.90 Å². The third-order valence-electron chi connectivity index (χ3n) is 2.04. The number of nitrogens with zero attached hydrogens (tertiary/aromatic N) is 1. The van der Waals surface area contributed by atoms with E-state index in [4.69, 9.17) is 15.5 Å². The molecule has 2 N–H and O–H groups in total. The van der Waals surface area contributed by atoms with Crippen molar-refractivity contribution in [3.05, 3.63) is 30.5 Å². The van der Waals surface area contributed by atoms with Gasteiger partial charge in [0, 0.05) is 17.6 Å². The van der Waals surface area contributed by atoms with E-state index in [-0.39, 0.29) is 0 Å². The maximum absolute atomic E-state index is 5.14. The predicted octanol–water partition coefficient (Wildman–Crippen LogP) is 1.50. The Morgan fingerprint density at radius 2 is 2.14 bits per heavy atom. The molecule has 0 aliphatic carbocycles. The zero-order valence-electron chi connectivity index (χ0n) is 7.73. The van der Waals surface area contributed by atoms with Gasteiger partial charge in [0.2, 0.25) is 0 Å². The number of methoxy groups -OCH3 is 1. The second-order valence-electron chi connectivity index (χ2n) is 2.81. The highest BCUT2D eigenvalue weighted by molar-refractivity contribution is 5.86. The van der Waals surface area contributed by atoms with E-state index < -0.39 is 0 Å². The summed E-state index contributed by atoms with van der Waals surface area (Å²) in [5.41, 5.74) is 0.828. The molecule has 0 aliphatic rings. The van der Waals surface area contributed by atoms with Gasteiger partial charge in [0.1, 0.15) is 5.75 Å². The van der Waals surface area contributed by atoms with Crippen LogP contribution in [0.2, 0.25) is 0 Å². The van der Waals surface area contributed by atoms with Gasteiger partial charge in [0.05, 0.1) is 12.6 Å². The van der Waals surface area contributed by atoms with Gasteiger partial charge in [-0.1, -0.05) is 0 Å². The second-order valence-corrected chi connectivity index (χ2v) is 2.81. The van der Waals surface area contributed by atoms with Gasteiger partial charge < -0.3 is 9.57 Å². The summed E-state index contributed by atoms with van der Waals surface area (Å²) in [6, 6.07) is 7.25. The maximum atomic E-state index is 5.14. The topological polar surface area (TPSA) is 57.4 Å². The van der Waals surface area contributed by atoms with Crippen molar-refractivity contribution >= 4 is 10.9 Å². The number of aromatic nitrogens is 1. The zero-order chi connectivity index (χ0) is 9.97. The summed E-state index contributed by atoms with van der Waals surface area (Å²) in [5, 5.41) is 0.842. The van der Waals surface area contributed by atoms with E-state index in [1.165, 1.54) is 0 Å². The number of ether oxygens (including phenoxy) is 1. The Balaban J connectivity index is 2.70. The molecule has 0 saturated heterocycles. The quantitative estimate of drug-likeness (QED) is 0.729. The molecule has 0 unspecified atom stereocenters. The minimum atomic E-state index is 0.592. The Kier molecular flexibility index (Phi) is 2.20. The van der Waals surface area contributed by atoms with Gasteiger partial charge in [-0.05, 0) is 18.2 Å². The number of rotatable bonds is 2. The van der Waals surface area contributed by atoms with Crippen LogP contribution < -0.4 is 15.5 Å². The first kappa shape index (κ1) is 8.77. The molecule has 0 bridgehead atoms. The van der Waals surface area contributed by atoms with Gasteiger partial charge in [0.15, 0.2) is 5.75 Å². The lowest BCUT2D eigenvalue weighted by molar-refractivity contribution is 0.338. The van der Waals surface area contributed by atoms with E-state index in [1.807, 2.05) is 18.2 Å². The van der Waals surface area contributed by atoms with Crippen LogP contribution in [0.4, 0.5) is 0 Å². The fraction of sp³-hybridized carbons (Fsp3) is 0.100. The number of nitrogens with two attached hydrogens (primary N) is 1. The molecule has 4 heteroatoms. The molecule has 0 amide bonds. The number of fused-ring (bicyclic) bond motifs is 1. The first-order valence-electron chi connectivity index (χ1n) is 4.14. The summed E-state index contributed by atoms with van der Waals surface area (Å²) in [5.74, 6) is 6.48. The molecular weight excluding hydrogens is 180 g/mol. The van der Waals surface area contributed by atoms with Crippen LogP contribution in [-0.4, -0.2) is 12.1 Å². The summed E-state index contributed by atoms with van der Waals surface area (Å²) < 4.78 is 5.10. The largest absolute Gasteiger partial charge is 0.497 e. The normalized spacial score (nSPS) is 10.1. The van der Waals surface area contributed by atoms with Crippen molar-refractivity contribution in [1.82, 2.24) is 4.98 Å². The number of pyridine rings is 1. The minimum Gasteiger partial charge on any atom is -0.497 e. The van der Waals surface area contributed by atoms with Gasteiger partial charge in [-0.15, -0.1) is 0 Å². The van der Waals surface area contributed by atoms with Crippen molar-refractivity contribution in [3.63, 3.8) is 0 Å². The summed E-state index contributed by atoms with van der Waals surface area (Å²) in [6.07, 6.45) is 1.65. The lowest BCUT2D eigenvalue weighted by atomic mass is 10.2. The molecule has 2 rings (SSSR count). The standard InChI is InChI=1S/C10H10N2O2/c1-13-7-2-3-9-8(6-7)10(14-11)4-5-12-9/h2-6H,11H2,1H3. The van der Waals surface area contributed by atoms with Crippen LogP contribution in [0.15, 0.2) is 30.5 Å². The van der Waals surface area contributed by atoms with E-state index in [0.29, 0.717) is 5.75 Å². The van der Waals surface area contributed by atoms with E-state index in [9.17, 15) is 0 Å². The van der Waals surface area contributed by atoms with Gasteiger partial charge in [0.25, 0.3) is 0 Å². The van der Waals surface area contributed by atoms with Gasteiger partial charge in [-0.3, -0.25) is 4.98 Å². The van der Waals surface area contributed by atoms with E-state index in [2.05, 4.69) is 4.98 Å². The molecule has 2 aromatic rings. The molecule has 0 aliphatic heterocycles. The summed E-state index contributed by atoms with van der Waals surface area (Å²) in [6.45, 7) is 0. The van der Waals surface area contributed by atoms with E-state index in [1.54, 1.807) is 19.4 Å². The molecule has 1 heterocycles. The average Bonchev–Trinajstić information content (AvgIpc) is 2.27. The smallest absolute Gasteiger partial charge is 0.157 e.